The molecule has 1 aliphatic heterocycles. The lowest BCUT2D eigenvalue weighted by atomic mass is 10.1. The van der Waals surface area contributed by atoms with Crippen LogP contribution in [-0.2, 0) is 11.2 Å². The van der Waals surface area contributed by atoms with E-state index in [4.69, 9.17) is 4.74 Å². The van der Waals surface area contributed by atoms with Gasteiger partial charge in [-0.1, -0.05) is 12.1 Å². The Morgan fingerprint density at radius 1 is 1.19 bits per heavy atom. The molecule has 7 nitrogen and oxygen atoms in total. The Kier molecular flexibility index (Phi) is 6.59. The van der Waals surface area contributed by atoms with Crippen LogP contribution in [0.5, 0.6) is 5.75 Å². The van der Waals surface area contributed by atoms with Crippen molar-refractivity contribution >= 4 is 11.7 Å². The first kappa shape index (κ1) is 19.1. The lowest BCUT2D eigenvalue weighted by Gasteiger charge is -2.37. The van der Waals surface area contributed by atoms with Gasteiger partial charge in [-0.25, -0.2) is 4.98 Å². The number of methoxy groups -OCH3 is 1. The summed E-state index contributed by atoms with van der Waals surface area (Å²) in [5.41, 5.74) is 1.18. The Morgan fingerprint density at radius 2 is 1.93 bits per heavy atom. The van der Waals surface area contributed by atoms with Crippen molar-refractivity contribution in [3.8, 4) is 5.75 Å². The highest BCUT2D eigenvalue weighted by molar-refractivity contribution is 5.81. The van der Waals surface area contributed by atoms with Gasteiger partial charge >= 0.3 is 0 Å². The summed E-state index contributed by atoms with van der Waals surface area (Å²) >= 11 is 0. The third-order valence-corrected chi connectivity index (χ3v) is 4.99. The molecule has 0 spiro atoms. The van der Waals surface area contributed by atoms with Crippen LogP contribution in [0.15, 0.2) is 42.9 Å². The maximum Gasteiger partial charge on any atom is 0.237 e. The van der Waals surface area contributed by atoms with E-state index in [0.29, 0.717) is 6.54 Å². The number of aromatic nitrogens is 2. The first-order valence-corrected chi connectivity index (χ1v) is 9.33. The number of ether oxygens (including phenoxy) is 1. The van der Waals surface area contributed by atoms with E-state index in [9.17, 15) is 4.79 Å². The fraction of sp³-hybridized carbons (Fsp3) is 0.450. The third-order valence-electron chi connectivity index (χ3n) is 4.99. The smallest absolute Gasteiger partial charge is 0.237 e. The van der Waals surface area contributed by atoms with Gasteiger partial charge in [-0.3, -0.25) is 14.7 Å². The highest BCUT2D eigenvalue weighted by Gasteiger charge is 2.25. The molecular formula is C20H27N5O2. The van der Waals surface area contributed by atoms with E-state index in [1.165, 1.54) is 5.56 Å². The Bertz CT molecular complexity index is 715. The number of carbonyl (C=O) groups is 1. The van der Waals surface area contributed by atoms with Crippen molar-refractivity contribution in [2.75, 3.05) is 44.7 Å². The standard InChI is InChI=1S/C20H27N5O2/c1-16(20(26)23-8-7-17-3-5-18(27-2)6-4-17)24-11-13-25(14-12-24)19-15-21-9-10-22-19/h3-6,9-10,15-16H,7-8,11-14H2,1-2H3,(H,23,26)/t16-/m0/s1. The molecule has 2 aromatic rings. The van der Waals surface area contributed by atoms with Gasteiger partial charge in [0, 0.05) is 45.1 Å². The maximum atomic E-state index is 12.5. The minimum absolute atomic E-state index is 0.0801. The molecule has 0 unspecified atom stereocenters. The summed E-state index contributed by atoms with van der Waals surface area (Å²) in [4.78, 5) is 25.4. The quantitative estimate of drug-likeness (QED) is 0.795. The van der Waals surface area contributed by atoms with E-state index in [2.05, 4.69) is 25.1 Å². The van der Waals surface area contributed by atoms with Crippen molar-refractivity contribution in [2.24, 2.45) is 0 Å². The Hall–Kier alpha value is -2.67. The van der Waals surface area contributed by atoms with E-state index in [1.807, 2.05) is 31.2 Å². The van der Waals surface area contributed by atoms with Crippen molar-refractivity contribution < 1.29 is 9.53 Å². The third kappa shape index (κ3) is 5.17. The largest absolute Gasteiger partial charge is 0.497 e. The highest BCUT2D eigenvalue weighted by atomic mass is 16.5. The number of nitrogens with one attached hydrogen (secondary N) is 1. The number of piperazine rings is 1. The zero-order valence-electron chi connectivity index (χ0n) is 16.0. The maximum absolute atomic E-state index is 12.5. The first-order chi connectivity index (χ1) is 13.2. The summed E-state index contributed by atoms with van der Waals surface area (Å²) < 4.78 is 5.16. The van der Waals surface area contributed by atoms with Gasteiger partial charge in [0.1, 0.15) is 11.6 Å². The summed E-state index contributed by atoms with van der Waals surface area (Å²) in [6.45, 7) is 5.98. The van der Waals surface area contributed by atoms with Crippen LogP contribution >= 0.6 is 0 Å². The predicted octanol–water partition coefficient (Wildman–Crippen LogP) is 1.35. The summed E-state index contributed by atoms with van der Waals surface area (Å²) in [5, 5.41) is 3.05. The van der Waals surface area contributed by atoms with Crippen LogP contribution in [0.3, 0.4) is 0 Å². The van der Waals surface area contributed by atoms with Crippen molar-refractivity contribution in [3.05, 3.63) is 48.4 Å². The monoisotopic (exact) mass is 369 g/mol. The zero-order chi connectivity index (χ0) is 19.1. The fourth-order valence-electron chi connectivity index (χ4n) is 3.23. The van der Waals surface area contributed by atoms with Gasteiger partial charge in [-0.05, 0) is 31.0 Å². The number of nitrogens with zero attached hydrogens (tertiary/aromatic N) is 4. The number of benzene rings is 1. The predicted molar refractivity (Wildman–Crippen MR) is 105 cm³/mol. The molecule has 1 N–H and O–H groups in total. The van der Waals surface area contributed by atoms with Gasteiger partial charge in [0.15, 0.2) is 0 Å². The number of amides is 1. The van der Waals surface area contributed by atoms with Crippen LogP contribution in [0.2, 0.25) is 0 Å². The Morgan fingerprint density at radius 3 is 2.56 bits per heavy atom. The second kappa shape index (κ2) is 9.32. The number of hydrogen-bond donors (Lipinski definition) is 1. The Labute approximate surface area is 160 Å². The lowest BCUT2D eigenvalue weighted by Crippen LogP contribution is -2.54. The molecule has 0 bridgehead atoms. The minimum atomic E-state index is -0.134. The average molecular weight is 369 g/mol. The fourth-order valence-corrected chi connectivity index (χ4v) is 3.23. The topological polar surface area (TPSA) is 70.6 Å². The van der Waals surface area contributed by atoms with Crippen LogP contribution in [0.1, 0.15) is 12.5 Å². The second-order valence-corrected chi connectivity index (χ2v) is 6.65. The number of rotatable bonds is 7. The molecular weight excluding hydrogens is 342 g/mol. The molecule has 1 fully saturated rings. The van der Waals surface area contributed by atoms with E-state index in [-0.39, 0.29) is 11.9 Å². The van der Waals surface area contributed by atoms with Crippen molar-refractivity contribution in [3.63, 3.8) is 0 Å². The van der Waals surface area contributed by atoms with Gasteiger partial charge in [0.2, 0.25) is 5.91 Å². The summed E-state index contributed by atoms with van der Waals surface area (Å²) in [6.07, 6.45) is 5.98. The molecule has 0 radical (unpaired) electrons. The molecule has 7 heteroatoms. The minimum Gasteiger partial charge on any atom is -0.497 e. The van der Waals surface area contributed by atoms with Gasteiger partial charge < -0.3 is 15.0 Å². The van der Waals surface area contributed by atoms with Crippen molar-refractivity contribution in [1.82, 2.24) is 20.2 Å². The SMILES string of the molecule is COc1ccc(CCNC(=O)[C@H](C)N2CCN(c3cnccn3)CC2)cc1. The first-order valence-electron chi connectivity index (χ1n) is 9.33. The van der Waals surface area contributed by atoms with Crippen LogP contribution in [-0.4, -0.2) is 66.7 Å². The molecule has 1 amide bonds. The van der Waals surface area contributed by atoms with Crippen LogP contribution in [0.4, 0.5) is 5.82 Å². The van der Waals surface area contributed by atoms with Gasteiger partial charge in [0.05, 0.1) is 19.3 Å². The normalized spacial score (nSPS) is 16.0. The molecule has 2 heterocycles. The molecule has 1 aromatic carbocycles. The zero-order valence-corrected chi connectivity index (χ0v) is 16.0. The highest BCUT2D eigenvalue weighted by Crippen LogP contribution is 2.14. The molecule has 1 aromatic heterocycles. The summed E-state index contributed by atoms with van der Waals surface area (Å²) in [5.74, 6) is 1.82. The van der Waals surface area contributed by atoms with Crippen LogP contribution in [0.25, 0.3) is 0 Å². The summed E-state index contributed by atoms with van der Waals surface area (Å²) in [6, 6.07) is 7.80. The molecule has 3 rings (SSSR count). The molecule has 1 atom stereocenters. The number of carbonyl (C=O) groups excluding carboxylic acids is 1. The molecule has 144 valence electrons. The van der Waals surface area contributed by atoms with Crippen molar-refractivity contribution in [2.45, 2.75) is 19.4 Å². The summed E-state index contributed by atoms with van der Waals surface area (Å²) in [7, 11) is 1.66. The second-order valence-electron chi connectivity index (χ2n) is 6.65. The molecule has 0 aliphatic carbocycles. The van der Waals surface area contributed by atoms with Gasteiger partial charge in [-0.15, -0.1) is 0 Å². The average Bonchev–Trinajstić information content (AvgIpc) is 2.74. The molecule has 27 heavy (non-hydrogen) atoms. The van der Waals surface area contributed by atoms with Crippen molar-refractivity contribution in [1.29, 1.82) is 0 Å². The molecule has 1 aliphatic rings. The van der Waals surface area contributed by atoms with E-state index >= 15 is 0 Å². The number of hydrogen-bond acceptors (Lipinski definition) is 6. The van der Waals surface area contributed by atoms with E-state index in [0.717, 1.165) is 44.2 Å². The van der Waals surface area contributed by atoms with E-state index < -0.39 is 0 Å². The molecule has 1 saturated heterocycles. The van der Waals surface area contributed by atoms with Crippen LogP contribution < -0.4 is 15.0 Å². The number of anilines is 1. The lowest BCUT2D eigenvalue weighted by molar-refractivity contribution is -0.125. The van der Waals surface area contributed by atoms with Gasteiger partial charge in [0.25, 0.3) is 0 Å². The van der Waals surface area contributed by atoms with E-state index in [1.54, 1.807) is 25.7 Å². The Balaban J connectivity index is 1.41. The molecule has 0 saturated carbocycles. The van der Waals surface area contributed by atoms with Gasteiger partial charge in [-0.2, -0.15) is 0 Å². The van der Waals surface area contributed by atoms with Crippen LogP contribution in [0, 0.1) is 0 Å².